The summed E-state index contributed by atoms with van der Waals surface area (Å²) in [6, 6.07) is -0.723. The number of aliphatic carboxylic acids is 1. The molecule has 0 saturated carbocycles. The number of rotatable bonds is 55. The van der Waals surface area contributed by atoms with Crippen LogP contribution in [0.3, 0.4) is 0 Å². The molecule has 0 spiro atoms. The lowest BCUT2D eigenvalue weighted by Crippen LogP contribution is -2.55. The molecule has 0 rings (SSSR count). The predicted molar refractivity (Wildman–Crippen MR) is 287 cm³/mol. The molecule has 0 aliphatic carbocycles. The summed E-state index contributed by atoms with van der Waals surface area (Å²) in [5.74, 6) is -1.71. The number of ether oxygens (including phenoxy) is 3. The number of likely N-dealkylation sites (N-methyl/N-ethyl adjacent to an activating group) is 1. The quantitative estimate of drug-likeness (QED) is 0.0259. The SMILES string of the molecule is CCCCCCCCCCCC/C=C/CCCCCCCCCC(=O)OCC(COCCC(C(=O)[O-])[N+](C)(C)C)OC(=O)CCCCCCCCCCCCCCCCCCCCCCCCC. The molecule has 0 aromatic rings. The van der Waals surface area contributed by atoms with Gasteiger partial charge >= 0.3 is 11.9 Å². The molecule has 0 fully saturated rings. The highest BCUT2D eigenvalue weighted by atomic mass is 16.6. The Labute approximate surface area is 422 Å². The van der Waals surface area contributed by atoms with E-state index in [0.717, 1.165) is 38.5 Å². The molecule has 0 aliphatic rings. The van der Waals surface area contributed by atoms with Crippen molar-refractivity contribution in [2.75, 3.05) is 41.0 Å². The first-order valence-corrected chi connectivity index (χ1v) is 29.7. The molecule has 402 valence electrons. The summed E-state index contributed by atoms with van der Waals surface area (Å²) in [4.78, 5) is 37.2. The number of hydrogen-bond donors (Lipinski definition) is 0. The number of nitrogens with zero attached hydrogens (tertiary/aromatic N) is 1. The normalized spacial score (nSPS) is 12.8. The molecule has 0 N–H and O–H groups in total. The number of quaternary nitrogens is 1. The second-order valence-electron chi connectivity index (χ2n) is 21.6. The fourth-order valence-corrected chi connectivity index (χ4v) is 9.31. The van der Waals surface area contributed by atoms with Crippen LogP contribution in [-0.4, -0.2) is 75.5 Å². The maximum absolute atomic E-state index is 12.8. The van der Waals surface area contributed by atoms with E-state index in [0.29, 0.717) is 12.8 Å². The molecule has 0 amide bonds. The highest BCUT2D eigenvalue weighted by molar-refractivity contribution is 5.70. The monoisotopic (exact) mass is 962 g/mol. The molecule has 0 aromatic carbocycles. The summed E-state index contributed by atoms with van der Waals surface area (Å²) in [6.07, 6.45) is 59.7. The van der Waals surface area contributed by atoms with Gasteiger partial charge in [-0.05, 0) is 38.5 Å². The third kappa shape index (κ3) is 49.1. The Kier molecular flexibility index (Phi) is 50.0. The third-order valence-electron chi connectivity index (χ3n) is 13.9. The third-order valence-corrected chi connectivity index (χ3v) is 13.9. The summed E-state index contributed by atoms with van der Waals surface area (Å²) in [6.45, 7) is 4.73. The van der Waals surface area contributed by atoms with Crippen LogP contribution in [0, 0.1) is 0 Å². The van der Waals surface area contributed by atoms with Crippen LogP contribution in [-0.2, 0) is 28.6 Å². The minimum absolute atomic E-state index is 0.0461. The molecule has 8 heteroatoms. The van der Waals surface area contributed by atoms with Gasteiger partial charge in [0.2, 0.25) is 0 Å². The first-order chi connectivity index (χ1) is 33.1. The number of unbranched alkanes of at least 4 members (excludes halogenated alkanes) is 39. The van der Waals surface area contributed by atoms with Gasteiger partial charge in [-0.3, -0.25) is 9.59 Å². The van der Waals surface area contributed by atoms with E-state index in [1.54, 1.807) is 0 Å². The van der Waals surface area contributed by atoms with Crippen LogP contribution in [0.2, 0.25) is 0 Å². The van der Waals surface area contributed by atoms with Crippen molar-refractivity contribution >= 4 is 17.9 Å². The van der Waals surface area contributed by atoms with Gasteiger partial charge in [-0.2, -0.15) is 0 Å². The number of esters is 2. The molecular weight excluding hydrogens is 847 g/mol. The van der Waals surface area contributed by atoms with Crippen molar-refractivity contribution in [2.24, 2.45) is 0 Å². The van der Waals surface area contributed by atoms with E-state index < -0.39 is 18.1 Å². The fourth-order valence-electron chi connectivity index (χ4n) is 9.31. The van der Waals surface area contributed by atoms with Crippen molar-refractivity contribution in [1.29, 1.82) is 0 Å². The molecule has 2 atom stereocenters. The summed E-state index contributed by atoms with van der Waals surface area (Å²) >= 11 is 0. The van der Waals surface area contributed by atoms with Crippen LogP contribution in [0.5, 0.6) is 0 Å². The van der Waals surface area contributed by atoms with Crippen LogP contribution in [0.4, 0.5) is 0 Å². The maximum Gasteiger partial charge on any atom is 0.306 e. The Hall–Kier alpha value is -1.93. The van der Waals surface area contributed by atoms with Crippen LogP contribution in [0.25, 0.3) is 0 Å². The van der Waals surface area contributed by atoms with Gasteiger partial charge in [-0.15, -0.1) is 0 Å². The van der Waals surface area contributed by atoms with Gasteiger partial charge in [0.25, 0.3) is 0 Å². The first-order valence-electron chi connectivity index (χ1n) is 29.7. The lowest BCUT2D eigenvalue weighted by molar-refractivity contribution is -0.889. The molecule has 2 unspecified atom stereocenters. The largest absolute Gasteiger partial charge is 0.544 e. The van der Waals surface area contributed by atoms with E-state index in [1.807, 2.05) is 21.1 Å². The lowest BCUT2D eigenvalue weighted by Gasteiger charge is -2.34. The number of carbonyl (C=O) groups is 3. The smallest absolute Gasteiger partial charge is 0.306 e. The number of carboxylic acid groups (broad SMARTS) is 1. The Balaban J connectivity index is 4.11. The van der Waals surface area contributed by atoms with Crippen molar-refractivity contribution < 1.29 is 38.2 Å². The standard InChI is InChI=1S/C60H115NO7/c1-6-8-10-12-14-16-18-20-22-24-26-28-29-31-33-35-37-39-41-43-45-47-49-51-59(63)68-56(54-66-53-52-57(60(64)65)61(3,4)5)55-67-58(62)50-48-46-44-42-40-38-36-34-32-30-27-25-23-21-19-17-15-13-11-9-7-2/h30,32,56-57H,6-29,31,33-55H2,1-5H3/b32-30+. The zero-order chi connectivity index (χ0) is 49.9. The lowest BCUT2D eigenvalue weighted by atomic mass is 10.0. The molecule has 0 aromatic heterocycles. The Morgan fingerprint density at radius 2 is 0.735 bits per heavy atom. The average molecular weight is 963 g/mol. The molecular formula is C60H115NO7. The number of allylic oxidation sites excluding steroid dienone is 2. The number of carboxylic acids is 1. The average Bonchev–Trinajstić information content (AvgIpc) is 3.30. The van der Waals surface area contributed by atoms with Gasteiger partial charge in [0.15, 0.2) is 6.10 Å². The number of hydrogen-bond acceptors (Lipinski definition) is 7. The zero-order valence-electron chi connectivity index (χ0n) is 46.1. The van der Waals surface area contributed by atoms with Crippen molar-refractivity contribution in [3.05, 3.63) is 12.2 Å². The van der Waals surface area contributed by atoms with Gasteiger partial charge < -0.3 is 28.6 Å². The minimum atomic E-state index is -1.12. The van der Waals surface area contributed by atoms with E-state index in [9.17, 15) is 19.5 Å². The van der Waals surface area contributed by atoms with E-state index in [-0.39, 0.29) is 42.7 Å². The van der Waals surface area contributed by atoms with Gasteiger partial charge in [0.1, 0.15) is 12.6 Å². The first kappa shape index (κ1) is 66.1. The van der Waals surface area contributed by atoms with Gasteiger partial charge in [-0.1, -0.05) is 257 Å². The highest BCUT2D eigenvalue weighted by Gasteiger charge is 2.25. The Morgan fingerprint density at radius 3 is 1.06 bits per heavy atom. The van der Waals surface area contributed by atoms with E-state index in [2.05, 4.69) is 26.0 Å². The van der Waals surface area contributed by atoms with E-state index in [1.165, 1.54) is 231 Å². The molecule has 0 saturated heterocycles. The molecule has 0 bridgehead atoms. The van der Waals surface area contributed by atoms with Crippen molar-refractivity contribution in [3.63, 3.8) is 0 Å². The molecule has 0 radical (unpaired) electrons. The molecule has 0 aliphatic heterocycles. The van der Waals surface area contributed by atoms with Crippen LogP contribution >= 0.6 is 0 Å². The van der Waals surface area contributed by atoms with Crippen LogP contribution in [0.1, 0.15) is 303 Å². The molecule has 68 heavy (non-hydrogen) atoms. The molecule has 0 heterocycles. The number of carbonyl (C=O) groups excluding carboxylic acids is 3. The van der Waals surface area contributed by atoms with Crippen molar-refractivity contribution in [2.45, 2.75) is 315 Å². The summed E-state index contributed by atoms with van der Waals surface area (Å²) in [5.41, 5.74) is 0. The summed E-state index contributed by atoms with van der Waals surface area (Å²) in [5, 5.41) is 11.7. The second-order valence-corrected chi connectivity index (χ2v) is 21.6. The Bertz CT molecular complexity index is 1120. The second kappa shape index (κ2) is 51.4. The fraction of sp³-hybridized carbons (Fsp3) is 0.917. The van der Waals surface area contributed by atoms with Crippen LogP contribution < -0.4 is 5.11 Å². The van der Waals surface area contributed by atoms with Gasteiger partial charge in [0, 0.05) is 19.3 Å². The van der Waals surface area contributed by atoms with E-state index in [4.69, 9.17) is 14.2 Å². The summed E-state index contributed by atoms with van der Waals surface area (Å²) < 4.78 is 17.3. The van der Waals surface area contributed by atoms with Crippen LogP contribution in [0.15, 0.2) is 12.2 Å². The summed E-state index contributed by atoms with van der Waals surface area (Å²) in [7, 11) is 5.44. The van der Waals surface area contributed by atoms with Crippen molar-refractivity contribution in [1.82, 2.24) is 0 Å². The van der Waals surface area contributed by atoms with Gasteiger partial charge in [-0.25, -0.2) is 0 Å². The molecule has 8 nitrogen and oxygen atoms in total. The van der Waals surface area contributed by atoms with E-state index >= 15 is 0 Å². The maximum atomic E-state index is 12.8. The predicted octanol–water partition coefficient (Wildman–Crippen LogP) is 16.4. The topological polar surface area (TPSA) is 102 Å². The van der Waals surface area contributed by atoms with Gasteiger partial charge in [0.05, 0.1) is 40.3 Å². The van der Waals surface area contributed by atoms with Crippen molar-refractivity contribution in [3.8, 4) is 0 Å². The zero-order valence-corrected chi connectivity index (χ0v) is 46.1. The Morgan fingerprint density at radius 1 is 0.426 bits per heavy atom. The minimum Gasteiger partial charge on any atom is -0.544 e. The highest BCUT2D eigenvalue weighted by Crippen LogP contribution is 2.18.